The maximum absolute atomic E-state index is 11.8. The first-order valence-corrected chi connectivity index (χ1v) is 16.2. The van der Waals surface area contributed by atoms with Crippen molar-refractivity contribution in [2.45, 2.75) is 109 Å². The molecule has 1 aliphatic heterocycles. The largest absolute Gasteiger partial charge is 0.462 e. The molecule has 5 nitrogen and oxygen atoms in total. The molecule has 0 saturated carbocycles. The molecule has 2 aromatic carbocycles. The first kappa shape index (κ1) is 30.5. The summed E-state index contributed by atoms with van der Waals surface area (Å²) in [7, 11) is -0.875. The summed E-state index contributed by atoms with van der Waals surface area (Å²) < 4.78 is 19.0. The van der Waals surface area contributed by atoms with Crippen molar-refractivity contribution in [1.29, 1.82) is 0 Å². The van der Waals surface area contributed by atoms with Crippen LogP contribution in [0.5, 0.6) is 0 Å². The summed E-state index contributed by atoms with van der Waals surface area (Å²) in [6.45, 7) is 11.3. The van der Waals surface area contributed by atoms with E-state index in [-0.39, 0.29) is 41.7 Å². The highest BCUT2D eigenvalue weighted by atomic mass is 28.4. The first-order valence-electron chi connectivity index (χ1n) is 14.3. The number of cyclic esters (lactones) is 1. The normalized spacial score (nSPS) is 21.0. The van der Waals surface area contributed by atoms with Gasteiger partial charge >= 0.3 is 5.97 Å². The molecule has 0 amide bonds. The molecule has 1 saturated heterocycles. The first-order chi connectivity index (χ1) is 18.1. The molecule has 1 heterocycles. The Labute approximate surface area is 231 Å². The number of aliphatic hydroxyl groups is 1. The molecule has 0 aromatic heterocycles. The van der Waals surface area contributed by atoms with Crippen molar-refractivity contribution in [3.05, 3.63) is 60.7 Å². The molecular weight excluding hydrogens is 492 g/mol. The zero-order valence-corrected chi connectivity index (χ0v) is 25.2. The summed E-state index contributed by atoms with van der Waals surface area (Å²) in [5.74, 6) is -0.0101. The standard InChI is InChI=1S/C32H48O5Si/c1-7-14-26(23-27(35-6)19-24(2)20-28-21-25(33)22-31(34)36-28)37-38(32(3,4)5,29-15-10-8-11-16-29)30-17-12-9-13-18-30/h8-13,15-18,24-28,33H,7,14,19-23H2,1-6H3/t24-,25+,26-,27-,28+/m1/s1. The van der Waals surface area contributed by atoms with E-state index in [0.29, 0.717) is 6.42 Å². The van der Waals surface area contributed by atoms with Gasteiger partial charge < -0.3 is 19.0 Å². The van der Waals surface area contributed by atoms with Crippen LogP contribution in [0, 0.1) is 5.92 Å². The SMILES string of the molecule is CCC[C@H](C[C@@H](C[C@@H](C)C[C@H]1C[C@H](O)CC(=O)O1)OC)O[Si](c1ccccc1)(c1ccccc1)C(C)(C)C. The van der Waals surface area contributed by atoms with Crippen molar-refractivity contribution in [2.24, 2.45) is 5.92 Å². The van der Waals surface area contributed by atoms with Gasteiger partial charge in [0, 0.05) is 19.6 Å². The molecule has 0 unspecified atom stereocenters. The van der Waals surface area contributed by atoms with Crippen molar-refractivity contribution < 1.29 is 23.8 Å². The van der Waals surface area contributed by atoms with Gasteiger partial charge in [0.1, 0.15) is 6.10 Å². The Morgan fingerprint density at radius 3 is 2.05 bits per heavy atom. The van der Waals surface area contributed by atoms with Gasteiger partial charge in [-0.05, 0) is 47.0 Å². The Morgan fingerprint density at radius 1 is 1.00 bits per heavy atom. The van der Waals surface area contributed by atoms with E-state index in [2.05, 4.69) is 95.3 Å². The summed E-state index contributed by atoms with van der Waals surface area (Å²) in [5.41, 5.74) is 0. The molecule has 38 heavy (non-hydrogen) atoms. The number of aliphatic hydroxyl groups excluding tert-OH is 1. The second kappa shape index (κ2) is 13.9. The topological polar surface area (TPSA) is 65.0 Å². The minimum Gasteiger partial charge on any atom is -0.462 e. The second-order valence-corrected chi connectivity index (χ2v) is 16.3. The third-order valence-corrected chi connectivity index (χ3v) is 12.9. The highest BCUT2D eigenvalue weighted by Crippen LogP contribution is 2.39. The third-order valence-electron chi connectivity index (χ3n) is 7.80. The predicted molar refractivity (Wildman–Crippen MR) is 156 cm³/mol. The van der Waals surface area contributed by atoms with E-state index in [1.54, 1.807) is 7.11 Å². The van der Waals surface area contributed by atoms with Gasteiger partial charge in [-0.15, -0.1) is 0 Å². The summed E-state index contributed by atoms with van der Waals surface area (Å²) >= 11 is 0. The second-order valence-electron chi connectivity index (χ2n) is 12.1. The minimum absolute atomic E-state index is 0.0315. The van der Waals surface area contributed by atoms with Gasteiger partial charge in [-0.1, -0.05) is 102 Å². The molecule has 6 heteroatoms. The van der Waals surface area contributed by atoms with Gasteiger partial charge in [0.15, 0.2) is 0 Å². The van der Waals surface area contributed by atoms with Crippen LogP contribution in [0.4, 0.5) is 0 Å². The van der Waals surface area contributed by atoms with Crippen LogP contribution in [0.1, 0.15) is 79.6 Å². The van der Waals surface area contributed by atoms with Crippen LogP contribution in [-0.4, -0.2) is 50.9 Å². The Morgan fingerprint density at radius 2 is 1.58 bits per heavy atom. The molecule has 1 N–H and O–H groups in total. The maximum Gasteiger partial charge on any atom is 0.308 e. The highest BCUT2D eigenvalue weighted by Gasteiger charge is 2.51. The number of benzene rings is 2. The Kier molecular flexibility index (Phi) is 11.2. The highest BCUT2D eigenvalue weighted by molar-refractivity contribution is 6.99. The molecule has 0 aliphatic carbocycles. The number of carbonyl (C=O) groups excluding carboxylic acids is 1. The quantitative estimate of drug-likeness (QED) is 0.264. The molecule has 2 aromatic rings. The van der Waals surface area contributed by atoms with Gasteiger partial charge in [-0.3, -0.25) is 4.79 Å². The van der Waals surface area contributed by atoms with E-state index in [0.717, 1.165) is 32.1 Å². The average Bonchev–Trinajstić information content (AvgIpc) is 2.86. The molecule has 5 atom stereocenters. The summed E-state index contributed by atoms with van der Waals surface area (Å²) in [6, 6.07) is 21.6. The van der Waals surface area contributed by atoms with Crippen molar-refractivity contribution in [1.82, 2.24) is 0 Å². The van der Waals surface area contributed by atoms with Gasteiger partial charge in [-0.25, -0.2) is 0 Å². The van der Waals surface area contributed by atoms with Gasteiger partial charge in [0.2, 0.25) is 0 Å². The number of carbonyl (C=O) groups is 1. The number of rotatable bonds is 13. The lowest BCUT2D eigenvalue weighted by Gasteiger charge is -2.45. The molecule has 1 fully saturated rings. The van der Waals surface area contributed by atoms with Crippen molar-refractivity contribution in [2.75, 3.05) is 7.11 Å². The molecule has 1 aliphatic rings. The zero-order valence-electron chi connectivity index (χ0n) is 24.2. The maximum atomic E-state index is 11.8. The predicted octanol–water partition coefficient (Wildman–Crippen LogP) is 5.62. The van der Waals surface area contributed by atoms with Crippen molar-refractivity contribution in [3.8, 4) is 0 Å². The summed E-state index contributed by atoms with van der Waals surface area (Å²) in [4.78, 5) is 11.8. The summed E-state index contributed by atoms with van der Waals surface area (Å²) in [6.07, 6.45) is 4.28. The monoisotopic (exact) mass is 540 g/mol. The van der Waals surface area contributed by atoms with Crippen LogP contribution >= 0.6 is 0 Å². The Bertz CT molecular complexity index is 935. The van der Waals surface area contributed by atoms with E-state index in [1.807, 2.05) is 0 Å². The molecule has 3 rings (SSSR count). The fraction of sp³-hybridized carbons (Fsp3) is 0.594. The average molecular weight is 541 g/mol. The van der Waals surface area contributed by atoms with E-state index >= 15 is 0 Å². The lowest BCUT2D eigenvalue weighted by atomic mass is 9.91. The minimum atomic E-state index is -2.66. The number of hydrogen-bond acceptors (Lipinski definition) is 5. The van der Waals surface area contributed by atoms with E-state index < -0.39 is 14.4 Å². The number of esters is 1. The van der Waals surface area contributed by atoms with Crippen molar-refractivity contribution in [3.63, 3.8) is 0 Å². The number of ether oxygens (including phenoxy) is 2. The molecular formula is C32H48O5Si. The molecule has 0 spiro atoms. The molecule has 0 bridgehead atoms. The van der Waals surface area contributed by atoms with Crippen LogP contribution in [0.2, 0.25) is 5.04 Å². The lowest BCUT2D eigenvalue weighted by Crippen LogP contribution is -2.67. The summed E-state index contributed by atoms with van der Waals surface area (Å²) in [5, 5.41) is 12.5. The van der Waals surface area contributed by atoms with Crippen LogP contribution < -0.4 is 10.4 Å². The Balaban J connectivity index is 1.83. The van der Waals surface area contributed by atoms with Crippen LogP contribution in [0.25, 0.3) is 0 Å². The van der Waals surface area contributed by atoms with Crippen molar-refractivity contribution >= 4 is 24.7 Å². The van der Waals surface area contributed by atoms with Crippen LogP contribution in [0.15, 0.2) is 60.7 Å². The Hall–Kier alpha value is -1.99. The fourth-order valence-corrected chi connectivity index (χ4v) is 10.8. The number of hydrogen-bond donors (Lipinski definition) is 1. The fourth-order valence-electron chi connectivity index (χ4n) is 6.07. The smallest absolute Gasteiger partial charge is 0.308 e. The van der Waals surface area contributed by atoms with Crippen LogP contribution in [-0.2, 0) is 18.7 Å². The zero-order chi connectivity index (χ0) is 27.8. The van der Waals surface area contributed by atoms with E-state index in [1.165, 1.54) is 10.4 Å². The third kappa shape index (κ3) is 7.78. The van der Waals surface area contributed by atoms with Gasteiger partial charge in [0.05, 0.1) is 18.6 Å². The van der Waals surface area contributed by atoms with E-state index in [4.69, 9.17) is 13.9 Å². The lowest BCUT2D eigenvalue weighted by molar-refractivity contribution is -0.161. The van der Waals surface area contributed by atoms with Crippen LogP contribution in [0.3, 0.4) is 0 Å². The van der Waals surface area contributed by atoms with Gasteiger partial charge in [-0.2, -0.15) is 0 Å². The number of methoxy groups -OCH3 is 1. The van der Waals surface area contributed by atoms with Gasteiger partial charge in [0.25, 0.3) is 8.32 Å². The molecule has 0 radical (unpaired) electrons. The van der Waals surface area contributed by atoms with E-state index in [9.17, 15) is 9.90 Å². The molecule has 210 valence electrons.